The van der Waals surface area contributed by atoms with Crippen LogP contribution in [0.3, 0.4) is 0 Å². The number of hydrogen-bond acceptors (Lipinski definition) is 3. The number of benzene rings is 1. The second kappa shape index (κ2) is 8.96. The number of carbonyl (C=O) groups is 2. The van der Waals surface area contributed by atoms with E-state index in [0.29, 0.717) is 13.1 Å². The number of rotatable bonds is 8. The Morgan fingerprint density at radius 2 is 1.55 bits per heavy atom. The second-order valence-corrected chi connectivity index (χ2v) is 4.69. The Bertz CT molecular complexity index is 429. The first-order valence-electron chi connectivity index (χ1n) is 6.99. The minimum atomic E-state index is -0.0907. The zero-order chi connectivity index (χ0) is 14.8. The van der Waals surface area contributed by atoms with Crippen LogP contribution in [0.1, 0.15) is 31.7 Å². The van der Waals surface area contributed by atoms with E-state index < -0.39 is 0 Å². The number of nitrogen functional groups attached to an aromatic ring is 1. The fraction of sp³-hybridized carbons (Fsp3) is 0.467. The van der Waals surface area contributed by atoms with Gasteiger partial charge in [-0.05, 0) is 30.5 Å². The van der Waals surface area contributed by atoms with Crippen LogP contribution < -0.4 is 16.4 Å². The van der Waals surface area contributed by atoms with E-state index in [4.69, 9.17) is 5.73 Å². The molecule has 0 unspecified atom stereocenters. The van der Waals surface area contributed by atoms with Gasteiger partial charge in [0.15, 0.2) is 0 Å². The maximum Gasteiger partial charge on any atom is 0.220 e. The number of amides is 2. The lowest BCUT2D eigenvalue weighted by Crippen LogP contribution is -2.29. The van der Waals surface area contributed by atoms with E-state index in [9.17, 15) is 9.59 Å². The summed E-state index contributed by atoms with van der Waals surface area (Å²) in [7, 11) is 0. The molecule has 0 atom stereocenters. The van der Waals surface area contributed by atoms with Gasteiger partial charge in [-0.2, -0.15) is 0 Å². The molecule has 0 aromatic heterocycles. The summed E-state index contributed by atoms with van der Waals surface area (Å²) in [6, 6.07) is 7.57. The van der Waals surface area contributed by atoms with E-state index in [1.807, 2.05) is 31.2 Å². The molecule has 0 aliphatic rings. The molecule has 0 aliphatic heterocycles. The number of anilines is 1. The van der Waals surface area contributed by atoms with E-state index >= 15 is 0 Å². The minimum Gasteiger partial charge on any atom is -0.399 e. The van der Waals surface area contributed by atoms with Crippen molar-refractivity contribution >= 4 is 17.5 Å². The van der Waals surface area contributed by atoms with Crippen LogP contribution >= 0.6 is 0 Å². The van der Waals surface area contributed by atoms with Gasteiger partial charge in [-0.15, -0.1) is 0 Å². The highest BCUT2D eigenvalue weighted by molar-refractivity contribution is 5.83. The molecule has 0 spiro atoms. The van der Waals surface area contributed by atoms with Crippen LogP contribution in [-0.4, -0.2) is 24.9 Å². The largest absolute Gasteiger partial charge is 0.399 e. The molecule has 110 valence electrons. The smallest absolute Gasteiger partial charge is 0.220 e. The Labute approximate surface area is 119 Å². The summed E-state index contributed by atoms with van der Waals surface area (Å²) in [4.78, 5) is 22.9. The van der Waals surface area contributed by atoms with Crippen LogP contribution in [0, 0.1) is 0 Å². The Balaban J connectivity index is 2.14. The van der Waals surface area contributed by atoms with Crippen molar-refractivity contribution in [1.82, 2.24) is 10.6 Å². The van der Waals surface area contributed by atoms with Crippen molar-refractivity contribution in [3.8, 4) is 0 Å². The van der Waals surface area contributed by atoms with E-state index in [1.165, 1.54) is 0 Å². The highest BCUT2D eigenvalue weighted by Crippen LogP contribution is 2.05. The average Bonchev–Trinajstić information content (AvgIpc) is 2.45. The Morgan fingerprint density at radius 3 is 2.10 bits per heavy atom. The summed E-state index contributed by atoms with van der Waals surface area (Å²) in [5.41, 5.74) is 7.46. The molecule has 0 fully saturated rings. The molecule has 0 radical (unpaired) electrons. The van der Waals surface area contributed by atoms with Gasteiger partial charge >= 0.3 is 0 Å². The first-order valence-corrected chi connectivity index (χ1v) is 6.99. The molecule has 0 bridgehead atoms. The third kappa shape index (κ3) is 6.78. The third-order valence-corrected chi connectivity index (χ3v) is 2.87. The van der Waals surface area contributed by atoms with Crippen LogP contribution in [0.15, 0.2) is 24.3 Å². The normalized spacial score (nSPS) is 10.1. The molecule has 1 rings (SSSR count). The predicted octanol–water partition coefficient (Wildman–Crippen LogP) is 1.23. The van der Waals surface area contributed by atoms with Crippen molar-refractivity contribution in [2.45, 2.75) is 32.6 Å². The van der Waals surface area contributed by atoms with Crippen LogP contribution in [0.5, 0.6) is 0 Å². The number of carbonyl (C=O) groups excluding carboxylic acids is 2. The van der Waals surface area contributed by atoms with Crippen LogP contribution in [0.25, 0.3) is 0 Å². The van der Waals surface area contributed by atoms with Crippen LogP contribution in [0.2, 0.25) is 0 Å². The SMILES string of the molecule is CCCNC(=O)CCC(=O)NCCc1ccc(N)cc1. The average molecular weight is 277 g/mol. The van der Waals surface area contributed by atoms with Gasteiger partial charge in [0.2, 0.25) is 11.8 Å². The number of nitrogens with one attached hydrogen (secondary N) is 2. The molecule has 1 aromatic carbocycles. The Morgan fingerprint density at radius 1 is 1.00 bits per heavy atom. The Hall–Kier alpha value is -2.04. The molecular weight excluding hydrogens is 254 g/mol. The fourth-order valence-electron chi connectivity index (χ4n) is 1.70. The molecule has 2 amide bonds. The van der Waals surface area contributed by atoms with Gasteiger partial charge in [-0.3, -0.25) is 9.59 Å². The van der Waals surface area contributed by atoms with Crippen molar-refractivity contribution in [3.63, 3.8) is 0 Å². The van der Waals surface area contributed by atoms with E-state index in [2.05, 4.69) is 10.6 Å². The molecule has 20 heavy (non-hydrogen) atoms. The maximum absolute atomic E-state index is 11.6. The monoisotopic (exact) mass is 277 g/mol. The van der Waals surface area contributed by atoms with Gasteiger partial charge in [0.05, 0.1) is 0 Å². The first-order chi connectivity index (χ1) is 9.61. The standard InChI is InChI=1S/C15H23N3O2/c1-2-10-17-14(19)7-8-15(20)18-11-9-12-3-5-13(16)6-4-12/h3-6H,2,7-11,16H2,1H3,(H,17,19)(H,18,20). The Kier molecular flexibility index (Phi) is 7.17. The van der Waals surface area contributed by atoms with Crippen molar-refractivity contribution in [1.29, 1.82) is 0 Å². The fourth-order valence-corrected chi connectivity index (χ4v) is 1.70. The summed E-state index contributed by atoms with van der Waals surface area (Å²) >= 11 is 0. The summed E-state index contributed by atoms with van der Waals surface area (Å²) in [6.45, 7) is 3.22. The van der Waals surface area contributed by atoms with Gasteiger partial charge in [-0.1, -0.05) is 19.1 Å². The quantitative estimate of drug-likeness (QED) is 0.625. The predicted molar refractivity (Wildman–Crippen MR) is 80.1 cm³/mol. The number of hydrogen-bond donors (Lipinski definition) is 3. The molecule has 0 aliphatic carbocycles. The first kappa shape index (κ1) is 16.0. The highest BCUT2D eigenvalue weighted by Gasteiger charge is 2.05. The molecule has 5 heteroatoms. The molecule has 0 heterocycles. The highest BCUT2D eigenvalue weighted by atomic mass is 16.2. The lowest BCUT2D eigenvalue weighted by Gasteiger charge is -2.06. The molecule has 4 N–H and O–H groups in total. The molecule has 5 nitrogen and oxygen atoms in total. The van der Waals surface area contributed by atoms with Crippen molar-refractivity contribution in [3.05, 3.63) is 29.8 Å². The topological polar surface area (TPSA) is 84.2 Å². The molecule has 0 saturated carbocycles. The van der Waals surface area contributed by atoms with Gasteiger partial charge in [0.25, 0.3) is 0 Å². The summed E-state index contributed by atoms with van der Waals surface area (Å²) < 4.78 is 0. The maximum atomic E-state index is 11.6. The minimum absolute atomic E-state index is 0.0689. The summed E-state index contributed by atoms with van der Waals surface area (Å²) in [6.07, 6.45) is 2.14. The zero-order valence-electron chi connectivity index (χ0n) is 11.9. The molecule has 1 aromatic rings. The third-order valence-electron chi connectivity index (χ3n) is 2.87. The zero-order valence-corrected chi connectivity index (χ0v) is 11.9. The van der Waals surface area contributed by atoms with Crippen LogP contribution in [0.4, 0.5) is 5.69 Å². The van der Waals surface area contributed by atoms with Gasteiger partial charge in [0, 0.05) is 31.6 Å². The van der Waals surface area contributed by atoms with E-state index in [0.717, 1.165) is 24.1 Å². The summed E-state index contributed by atoms with van der Waals surface area (Å²) in [5, 5.41) is 5.55. The molecular formula is C15H23N3O2. The van der Waals surface area contributed by atoms with Crippen molar-refractivity contribution in [2.24, 2.45) is 0 Å². The van der Waals surface area contributed by atoms with Crippen molar-refractivity contribution < 1.29 is 9.59 Å². The van der Waals surface area contributed by atoms with Gasteiger partial charge < -0.3 is 16.4 Å². The molecule has 0 saturated heterocycles. The van der Waals surface area contributed by atoms with E-state index in [-0.39, 0.29) is 24.7 Å². The summed E-state index contributed by atoms with van der Waals surface area (Å²) in [5.74, 6) is -0.160. The van der Waals surface area contributed by atoms with Crippen LogP contribution in [-0.2, 0) is 16.0 Å². The van der Waals surface area contributed by atoms with Gasteiger partial charge in [-0.25, -0.2) is 0 Å². The van der Waals surface area contributed by atoms with Crippen molar-refractivity contribution in [2.75, 3.05) is 18.8 Å². The van der Waals surface area contributed by atoms with Gasteiger partial charge in [0.1, 0.15) is 0 Å². The van der Waals surface area contributed by atoms with E-state index in [1.54, 1.807) is 0 Å². The second-order valence-electron chi connectivity index (χ2n) is 4.69. The lowest BCUT2D eigenvalue weighted by atomic mass is 10.1. The number of nitrogens with two attached hydrogens (primary N) is 1. The lowest BCUT2D eigenvalue weighted by molar-refractivity contribution is -0.126.